The van der Waals surface area contributed by atoms with Crippen LogP contribution >= 0.6 is 45.2 Å². The van der Waals surface area contributed by atoms with E-state index >= 15 is 0 Å². The number of aromatic nitrogens is 3. The minimum absolute atomic E-state index is 0.510. The summed E-state index contributed by atoms with van der Waals surface area (Å²) in [5, 5.41) is 13.4. The summed E-state index contributed by atoms with van der Waals surface area (Å²) >= 11 is 4.71. The summed E-state index contributed by atoms with van der Waals surface area (Å²) in [6.45, 7) is 1.05. The van der Waals surface area contributed by atoms with E-state index in [0.29, 0.717) is 13.1 Å². The first kappa shape index (κ1) is 18.4. The SMILES string of the molecule is O[C@@H](Cn1cnc2ccccc21)Cn1c2ccc(I)cc2c2cc(I)ccc21. The number of para-hydroxylation sites is 2. The molecule has 0 aliphatic rings. The minimum Gasteiger partial charge on any atom is -0.389 e. The van der Waals surface area contributed by atoms with Gasteiger partial charge in [-0.15, -0.1) is 0 Å². The van der Waals surface area contributed by atoms with Crippen molar-refractivity contribution in [1.29, 1.82) is 0 Å². The second kappa shape index (κ2) is 7.31. The molecule has 0 spiro atoms. The van der Waals surface area contributed by atoms with Crippen LogP contribution in [0.3, 0.4) is 0 Å². The molecule has 140 valence electrons. The lowest BCUT2D eigenvalue weighted by Crippen LogP contribution is -2.21. The van der Waals surface area contributed by atoms with Crippen molar-refractivity contribution in [2.75, 3.05) is 0 Å². The maximum atomic E-state index is 10.9. The number of rotatable bonds is 4. The van der Waals surface area contributed by atoms with Gasteiger partial charge in [0.1, 0.15) is 0 Å². The van der Waals surface area contributed by atoms with Crippen LogP contribution in [0.15, 0.2) is 67.0 Å². The van der Waals surface area contributed by atoms with Crippen molar-refractivity contribution in [3.63, 3.8) is 0 Å². The normalized spacial score (nSPS) is 13.0. The Morgan fingerprint density at radius 1 is 0.821 bits per heavy atom. The highest BCUT2D eigenvalue weighted by molar-refractivity contribution is 14.1. The molecule has 0 bridgehead atoms. The van der Waals surface area contributed by atoms with Gasteiger partial charge in [0.25, 0.3) is 0 Å². The molecule has 0 saturated carbocycles. The Bertz CT molecular complexity index is 1260. The molecular weight excluding hydrogens is 576 g/mol. The van der Waals surface area contributed by atoms with Gasteiger partial charge in [0.2, 0.25) is 0 Å². The van der Waals surface area contributed by atoms with Gasteiger partial charge < -0.3 is 14.2 Å². The molecule has 0 amide bonds. The zero-order valence-electron chi connectivity index (χ0n) is 14.9. The Morgan fingerprint density at radius 3 is 2.14 bits per heavy atom. The summed E-state index contributed by atoms with van der Waals surface area (Å²) in [7, 11) is 0. The van der Waals surface area contributed by atoms with Crippen molar-refractivity contribution in [3.8, 4) is 0 Å². The fraction of sp³-hybridized carbons (Fsp3) is 0.136. The molecule has 5 rings (SSSR count). The molecule has 0 aliphatic carbocycles. The van der Waals surface area contributed by atoms with Gasteiger partial charge in [-0.25, -0.2) is 4.98 Å². The highest BCUT2D eigenvalue weighted by Crippen LogP contribution is 2.31. The van der Waals surface area contributed by atoms with Crippen molar-refractivity contribution in [3.05, 3.63) is 74.1 Å². The van der Waals surface area contributed by atoms with E-state index in [4.69, 9.17) is 0 Å². The van der Waals surface area contributed by atoms with Gasteiger partial charge in [0, 0.05) is 28.9 Å². The number of imidazole rings is 1. The van der Waals surface area contributed by atoms with E-state index in [-0.39, 0.29) is 0 Å². The molecule has 0 fully saturated rings. The summed E-state index contributed by atoms with van der Waals surface area (Å²) in [6, 6.07) is 21.0. The molecule has 2 aromatic heterocycles. The standard InChI is InChI=1S/C22H17I2N3O/c23-14-5-7-20-17(9-14)18-10-15(24)6-8-21(18)27(20)12-16(28)11-26-13-25-19-3-1-2-4-22(19)26/h1-10,13,16,28H,11-12H2/t16-/m0/s1. The molecule has 1 N–H and O–H groups in total. The van der Waals surface area contributed by atoms with E-state index in [9.17, 15) is 5.11 Å². The van der Waals surface area contributed by atoms with E-state index in [1.54, 1.807) is 0 Å². The first-order valence-corrected chi connectivity index (χ1v) is 11.2. The maximum absolute atomic E-state index is 10.9. The van der Waals surface area contributed by atoms with Gasteiger partial charge in [-0.05, 0) is 93.7 Å². The van der Waals surface area contributed by atoms with E-state index < -0.39 is 6.10 Å². The molecule has 0 radical (unpaired) electrons. The van der Waals surface area contributed by atoms with E-state index in [0.717, 1.165) is 22.1 Å². The molecule has 4 nitrogen and oxygen atoms in total. The largest absolute Gasteiger partial charge is 0.389 e. The molecule has 28 heavy (non-hydrogen) atoms. The summed E-state index contributed by atoms with van der Waals surface area (Å²) in [6.07, 6.45) is 1.29. The quantitative estimate of drug-likeness (QED) is 0.284. The van der Waals surface area contributed by atoms with Crippen LogP contribution in [0.4, 0.5) is 0 Å². The van der Waals surface area contributed by atoms with Gasteiger partial charge in [-0.1, -0.05) is 12.1 Å². The van der Waals surface area contributed by atoms with Crippen LogP contribution in [-0.4, -0.2) is 25.3 Å². The lowest BCUT2D eigenvalue weighted by atomic mass is 10.2. The summed E-state index contributed by atoms with van der Waals surface area (Å²) in [4.78, 5) is 4.43. The van der Waals surface area contributed by atoms with Crippen LogP contribution in [-0.2, 0) is 13.1 Å². The van der Waals surface area contributed by atoms with Crippen LogP contribution < -0.4 is 0 Å². The number of aliphatic hydroxyl groups is 1. The third-order valence-electron chi connectivity index (χ3n) is 5.12. The topological polar surface area (TPSA) is 43.0 Å². The second-order valence-electron chi connectivity index (χ2n) is 6.97. The number of benzene rings is 3. The molecule has 5 aromatic rings. The van der Waals surface area contributed by atoms with Crippen molar-refractivity contribution < 1.29 is 5.11 Å². The van der Waals surface area contributed by atoms with Gasteiger partial charge >= 0.3 is 0 Å². The average molecular weight is 593 g/mol. The van der Waals surface area contributed by atoms with Crippen LogP contribution in [0.1, 0.15) is 0 Å². The summed E-state index contributed by atoms with van der Waals surface area (Å²) in [5.74, 6) is 0. The molecule has 1 atom stereocenters. The molecular formula is C22H17I2N3O. The molecule has 2 heterocycles. The molecule has 0 unspecified atom stereocenters. The third-order valence-corrected chi connectivity index (χ3v) is 6.46. The number of halogens is 2. The summed E-state index contributed by atoms with van der Waals surface area (Å²) in [5.41, 5.74) is 4.32. The Balaban J connectivity index is 1.55. The van der Waals surface area contributed by atoms with E-state index in [1.165, 1.54) is 17.9 Å². The zero-order valence-corrected chi connectivity index (χ0v) is 19.2. The van der Waals surface area contributed by atoms with Crippen LogP contribution in [0.25, 0.3) is 32.8 Å². The second-order valence-corrected chi connectivity index (χ2v) is 9.46. The smallest absolute Gasteiger partial charge is 0.0959 e. The maximum Gasteiger partial charge on any atom is 0.0959 e. The van der Waals surface area contributed by atoms with Crippen LogP contribution in [0.2, 0.25) is 0 Å². The molecule has 0 aliphatic heterocycles. The molecule has 3 aromatic carbocycles. The fourth-order valence-corrected chi connectivity index (χ4v) is 4.88. The lowest BCUT2D eigenvalue weighted by molar-refractivity contribution is 0.138. The molecule has 6 heteroatoms. The Hall–Kier alpha value is -1.65. The van der Waals surface area contributed by atoms with Gasteiger partial charge in [0.15, 0.2) is 0 Å². The predicted octanol–water partition coefficient (Wildman–Crippen LogP) is 5.41. The number of fused-ring (bicyclic) bond motifs is 4. The van der Waals surface area contributed by atoms with Crippen LogP contribution in [0.5, 0.6) is 0 Å². The first-order chi connectivity index (χ1) is 13.6. The highest BCUT2D eigenvalue weighted by Gasteiger charge is 2.15. The Labute approximate surface area is 189 Å². The van der Waals surface area contributed by atoms with Crippen molar-refractivity contribution in [2.45, 2.75) is 19.2 Å². The van der Waals surface area contributed by atoms with Gasteiger partial charge in [-0.2, -0.15) is 0 Å². The number of aliphatic hydroxyl groups excluding tert-OH is 1. The number of nitrogens with zero attached hydrogens (tertiary/aromatic N) is 3. The monoisotopic (exact) mass is 593 g/mol. The molecule has 0 saturated heterocycles. The van der Waals surface area contributed by atoms with Crippen molar-refractivity contribution in [2.24, 2.45) is 0 Å². The van der Waals surface area contributed by atoms with Crippen LogP contribution in [0, 0.1) is 7.14 Å². The van der Waals surface area contributed by atoms with Gasteiger partial charge in [0.05, 0.1) is 36.6 Å². The fourth-order valence-electron chi connectivity index (χ4n) is 3.90. The Morgan fingerprint density at radius 2 is 1.46 bits per heavy atom. The Kier molecular flexibility index (Phi) is 4.80. The zero-order chi connectivity index (χ0) is 19.3. The average Bonchev–Trinajstić information content (AvgIpc) is 3.21. The minimum atomic E-state index is -0.519. The van der Waals surface area contributed by atoms with Crippen molar-refractivity contribution >= 4 is 78.0 Å². The predicted molar refractivity (Wildman–Crippen MR) is 131 cm³/mol. The van der Waals surface area contributed by atoms with Gasteiger partial charge in [-0.3, -0.25) is 0 Å². The summed E-state index contributed by atoms with van der Waals surface area (Å²) < 4.78 is 6.70. The van der Waals surface area contributed by atoms with E-state index in [2.05, 4.69) is 91.1 Å². The van der Waals surface area contributed by atoms with E-state index in [1.807, 2.05) is 35.2 Å². The number of hydrogen-bond donors (Lipinski definition) is 1. The first-order valence-electron chi connectivity index (χ1n) is 9.05. The lowest BCUT2D eigenvalue weighted by Gasteiger charge is -2.15. The highest BCUT2D eigenvalue weighted by atomic mass is 127. The number of hydrogen-bond acceptors (Lipinski definition) is 2. The van der Waals surface area contributed by atoms with Crippen molar-refractivity contribution in [1.82, 2.24) is 14.1 Å². The third kappa shape index (κ3) is 3.21.